The Morgan fingerprint density at radius 3 is 2.18 bits per heavy atom. The molecule has 2 nitrogen and oxygen atoms in total. The molecule has 1 unspecified atom stereocenters. The van der Waals surface area contributed by atoms with E-state index in [0.717, 1.165) is 12.6 Å². The van der Waals surface area contributed by atoms with Crippen LogP contribution in [0.5, 0.6) is 0 Å². The standard InChI is InChI=1S/C8H19O2P/c1-5-7-11(9,8(3)4)10-6-2/h8H,5-7H2,1-4H3. The van der Waals surface area contributed by atoms with Crippen molar-refractivity contribution in [2.45, 2.75) is 39.8 Å². The van der Waals surface area contributed by atoms with Crippen LogP contribution in [0, 0.1) is 0 Å². The Morgan fingerprint density at radius 1 is 1.36 bits per heavy atom. The van der Waals surface area contributed by atoms with Crippen molar-refractivity contribution < 1.29 is 9.09 Å². The molecule has 0 bridgehead atoms. The molecule has 0 aromatic rings. The van der Waals surface area contributed by atoms with Crippen LogP contribution in [0.2, 0.25) is 0 Å². The van der Waals surface area contributed by atoms with Crippen molar-refractivity contribution in [2.24, 2.45) is 0 Å². The zero-order valence-corrected chi connectivity index (χ0v) is 8.86. The van der Waals surface area contributed by atoms with Crippen molar-refractivity contribution in [1.82, 2.24) is 0 Å². The second kappa shape index (κ2) is 4.95. The van der Waals surface area contributed by atoms with E-state index in [2.05, 4.69) is 0 Å². The molecule has 0 saturated carbocycles. The summed E-state index contributed by atoms with van der Waals surface area (Å²) in [7, 11) is -2.29. The lowest BCUT2D eigenvalue weighted by Gasteiger charge is -2.20. The fraction of sp³-hybridized carbons (Fsp3) is 1.00. The third-order valence-electron chi connectivity index (χ3n) is 1.67. The predicted octanol–water partition coefficient (Wildman–Crippen LogP) is 3.12. The highest BCUT2D eigenvalue weighted by molar-refractivity contribution is 7.59. The van der Waals surface area contributed by atoms with Crippen LogP contribution in [0.25, 0.3) is 0 Å². The van der Waals surface area contributed by atoms with Crippen LogP contribution < -0.4 is 0 Å². The Hall–Kier alpha value is 0.190. The summed E-state index contributed by atoms with van der Waals surface area (Å²) in [4.78, 5) is 0. The van der Waals surface area contributed by atoms with E-state index in [1.165, 1.54) is 0 Å². The van der Waals surface area contributed by atoms with E-state index in [9.17, 15) is 4.57 Å². The minimum absolute atomic E-state index is 0.169. The zero-order chi connectivity index (χ0) is 8.91. The van der Waals surface area contributed by atoms with Crippen LogP contribution in [0.4, 0.5) is 0 Å². The molecule has 0 aromatic heterocycles. The van der Waals surface area contributed by atoms with Gasteiger partial charge in [0.1, 0.15) is 0 Å². The second-order valence-electron chi connectivity index (χ2n) is 2.96. The largest absolute Gasteiger partial charge is 0.329 e. The molecule has 0 spiro atoms. The van der Waals surface area contributed by atoms with Crippen LogP contribution in [0.1, 0.15) is 34.1 Å². The molecule has 1 atom stereocenters. The zero-order valence-electron chi connectivity index (χ0n) is 7.96. The predicted molar refractivity (Wildman–Crippen MR) is 49.5 cm³/mol. The van der Waals surface area contributed by atoms with Crippen molar-refractivity contribution in [2.75, 3.05) is 12.8 Å². The van der Waals surface area contributed by atoms with E-state index < -0.39 is 7.37 Å². The van der Waals surface area contributed by atoms with Crippen molar-refractivity contribution >= 4 is 7.37 Å². The second-order valence-corrected chi connectivity index (χ2v) is 6.15. The van der Waals surface area contributed by atoms with Gasteiger partial charge < -0.3 is 4.52 Å². The Balaban J connectivity index is 4.14. The molecule has 0 aliphatic heterocycles. The average Bonchev–Trinajstić information content (AvgIpc) is 1.88. The first-order valence-corrected chi connectivity index (χ1v) is 6.18. The highest BCUT2D eigenvalue weighted by Crippen LogP contribution is 2.51. The van der Waals surface area contributed by atoms with E-state index in [-0.39, 0.29) is 5.66 Å². The van der Waals surface area contributed by atoms with Crippen molar-refractivity contribution in [1.29, 1.82) is 0 Å². The number of hydrogen-bond acceptors (Lipinski definition) is 2. The summed E-state index contributed by atoms with van der Waals surface area (Å²) in [5.41, 5.74) is 0.169. The highest BCUT2D eigenvalue weighted by Gasteiger charge is 2.25. The van der Waals surface area contributed by atoms with Gasteiger partial charge in [0.05, 0.1) is 6.61 Å². The molecule has 0 heterocycles. The molecule has 0 amide bonds. The molecule has 0 N–H and O–H groups in total. The maximum absolute atomic E-state index is 11.9. The first kappa shape index (κ1) is 11.2. The number of rotatable bonds is 5. The SMILES string of the molecule is CCCP(=O)(OCC)C(C)C. The molecule has 0 saturated heterocycles. The first-order chi connectivity index (χ1) is 5.06. The molecule has 3 heteroatoms. The van der Waals surface area contributed by atoms with Crippen molar-refractivity contribution in [3.05, 3.63) is 0 Å². The Morgan fingerprint density at radius 2 is 1.91 bits per heavy atom. The maximum atomic E-state index is 11.9. The lowest BCUT2D eigenvalue weighted by Crippen LogP contribution is -2.05. The summed E-state index contributed by atoms with van der Waals surface area (Å²) < 4.78 is 17.2. The lowest BCUT2D eigenvalue weighted by atomic mass is 10.6. The highest BCUT2D eigenvalue weighted by atomic mass is 31.2. The molecule has 0 fully saturated rings. The fourth-order valence-corrected chi connectivity index (χ4v) is 3.01. The Kier molecular flexibility index (Phi) is 5.03. The van der Waals surface area contributed by atoms with Crippen LogP contribution in [-0.2, 0) is 9.09 Å². The summed E-state index contributed by atoms with van der Waals surface area (Å²) >= 11 is 0. The van der Waals surface area contributed by atoms with Crippen LogP contribution in [0.3, 0.4) is 0 Å². The van der Waals surface area contributed by atoms with Gasteiger partial charge in [-0.2, -0.15) is 0 Å². The van der Waals surface area contributed by atoms with Crippen molar-refractivity contribution in [3.63, 3.8) is 0 Å². The van der Waals surface area contributed by atoms with E-state index in [0.29, 0.717) is 6.61 Å². The van der Waals surface area contributed by atoms with E-state index >= 15 is 0 Å². The van der Waals surface area contributed by atoms with Gasteiger partial charge in [0.15, 0.2) is 0 Å². The van der Waals surface area contributed by atoms with E-state index in [1.807, 2.05) is 27.7 Å². The Labute approximate surface area is 69.8 Å². The fourth-order valence-electron chi connectivity index (χ4n) is 1.00. The third-order valence-corrected chi connectivity index (χ3v) is 5.01. The topological polar surface area (TPSA) is 26.3 Å². The van der Waals surface area contributed by atoms with E-state index in [4.69, 9.17) is 4.52 Å². The van der Waals surface area contributed by atoms with Gasteiger partial charge in [0, 0.05) is 11.8 Å². The van der Waals surface area contributed by atoms with Crippen LogP contribution >= 0.6 is 7.37 Å². The van der Waals surface area contributed by atoms with Gasteiger partial charge in [0.25, 0.3) is 0 Å². The minimum Gasteiger partial charge on any atom is -0.329 e. The molecule has 0 aliphatic carbocycles. The summed E-state index contributed by atoms with van der Waals surface area (Å²) in [5, 5.41) is 0. The van der Waals surface area contributed by atoms with Gasteiger partial charge in [-0.05, 0) is 13.3 Å². The van der Waals surface area contributed by atoms with Gasteiger partial charge in [-0.1, -0.05) is 20.8 Å². The summed E-state index contributed by atoms with van der Waals surface area (Å²) in [5.74, 6) is 0. The molecule has 0 aromatic carbocycles. The maximum Gasteiger partial charge on any atom is 0.205 e. The molecule has 0 radical (unpaired) electrons. The summed E-state index contributed by atoms with van der Waals surface area (Å²) in [6, 6.07) is 0. The molecule has 68 valence electrons. The molecular formula is C8H19O2P. The quantitative estimate of drug-likeness (QED) is 0.604. The average molecular weight is 178 g/mol. The first-order valence-electron chi connectivity index (χ1n) is 4.30. The van der Waals surface area contributed by atoms with Gasteiger partial charge in [0.2, 0.25) is 7.37 Å². The smallest absolute Gasteiger partial charge is 0.205 e. The van der Waals surface area contributed by atoms with Gasteiger partial charge in [-0.3, -0.25) is 4.57 Å². The van der Waals surface area contributed by atoms with Crippen LogP contribution in [0.15, 0.2) is 0 Å². The summed E-state index contributed by atoms with van der Waals surface area (Å²) in [6.45, 7) is 8.42. The van der Waals surface area contributed by atoms with Crippen LogP contribution in [-0.4, -0.2) is 18.4 Å². The van der Waals surface area contributed by atoms with E-state index in [1.54, 1.807) is 0 Å². The molecular weight excluding hydrogens is 159 g/mol. The van der Waals surface area contributed by atoms with Gasteiger partial charge >= 0.3 is 0 Å². The lowest BCUT2D eigenvalue weighted by molar-refractivity contribution is 0.327. The molecule has 0 aliphatic rings. The normalized spacial score (nSPS) is 16.8. The number of hydrogen-bond donors (Lipinski definition) is 0. The van der Waals surface area contributed by atoms with Gasteiger partial charge in [-0.25, -0.2) is 0 Å². The molecule has 0 rings (SSSR count). The summed E-state index contributed by atoms with van der Waals surface area (Å²) in [6.07, 6.45) is 1.66. The Bertz CT molecular complexity index is 133. The van der Waals surface area contributed by atoms with Crippen molar-refractivity contribution in [3.8, 4) is 0 Å². The molecule has 11 heavy (non-hydrogen) atoms. The minimum atomic E-state index is -2.29. The monoisotopic (exact) mass is 178 g/mol. The third kappa shape index (κ3) is 3.39. The van der Waals surface area contributed by atoms with Gasteiger partial charge in [-0.15, -0.1) is 0 Å².